The summed E-state index contributed by atoms with van der Waals surface area (Å²) in [4.78, 5) is 47.5. The lowest BCUT2D eigenvalue weighted by atomic mass is 10.0. The second-order valence-electron chi connectivity index (χ2n) is 7.06. The number of carbonyl (C=O) groups excluding carboxylic acids is 3. The highest BCUT2D eigenvalue weighted by molar-refractivity contribution is 5.92. The van der Waals surface area contributed by atoms with Gasteiger partial charge in [-0.05, 0) is 23.6 Å². The van der Waals surface area contributed by atoms with Crippen molar-refractivity contribution >= 4 is 23.7 Å². The number of hydrogen-bond donors (Lipinski definition) is 7. The number of aromatic hydroxyl groups is 1. The van der Waals surface area contributed by atoms with Gasteiger partial charge in [-0.15, -0.1) is 0 Å². The summed E-state index contributed by atoms with van der Waals surface area (Å²) in [6.45, 7) is 2.18. The molecule has 0 aliphatic carbocycles. The maximum Gasteiger partial charge on any atom is 0.326 e. The van der Waals surface area contributed by atoms with Crippen molar-refractivity contribution in [3.63, 3.8) is 0 Å². The fraction of sp³-hybridized carbons (Fsp3) is 0.474. The summed E-state index contributed by atoms with van der Waals surface area (Å²) in [5.41, 5.74) is 6.26. The molecule has 166 valence electrons. The zero-order valence-electron chi connectivity index (χ0n) is 16.8. The minimum absolute atomic E-state index is 0.0252. The van der Waals surface area contributed by atoms with Crippen molar-refractivity contribution in [1.29, 1.82) is 0 Å². The molecule has 0 aliphatic heterocycles. The number of benzene rings is 1. The number of carbonyl (C=O) groups is 4. The number of aliphatic hydroxyl groups is 1. The summed E-state index contributed by atoms with van der Waals surface area (Å²) in [6.07, 6.45) is -0.0300. The van der Waals surface area contributed by atoms with Crippen LogP contribution in [-0.4, -0.2) is 70.3 Å². The first-order valence-electron chi connectivity index (χ1n) is 9.29. The molecular formula is C19H28N4O7. The number of nitrogens with one attached hydrogen (secondary N) is 3. The molecule has 1 rings (SSSR count). The summed E-state index contributed by atoms with van der Waals surface area (Å²) in [6, 6.07) is 2.41. The zero-order chi connectivity index (χ0) is 22.8. The molecule has 3 atom stereocenters. The molecule has 1 aromatic rings. The van der Waals surface area contributed by atoms with E-state index in [-0.39, 0.29) is 18.1 Å². The van der Waals surface area contributed by atoms with Gasteiger partial charge < -0.3 is 37.0 Å². The third kappa shape index (κ3) is 8.05. The number of aliphatic hydroxyl groups excluding tert-OH is 1. The van der Waals surface area contributed by atoms with Gasteiger partial charge in [0, 0.05) is 6.42 Å². The molecule has 3 amide bonds. The lowest BCUT2D eigenvalue weighted by Crippen LogP contribution is -2.55. The maximum atomic E-state index is 12.1. The number of nitrogens with two attached hydrogens (primary N) is 1. The zero-order valence-corrected chi connectivity index (χ0v) is 16.8. The van der Waals surface area contributed by atoms with Crippen LogP contribution in [0, 0.1) is 5.92 Å². The minimum Gasteiger partial charge on any atom is -0.508 e. The van der Waals surface area contributed by atoms with Gasteiger partial charge in [-0.25, -0.2) is 4.79 Å². The summed E-state index contributed by atoms with van der Waals surface area (Å²) >= 11 is 0. The Hall–Kier alpha value is -3.18. The normalized spacial score (nSPS) is 13.8. The van der Waals surface area contributed by atoms with E-state index in [0.717, 1.165) is 0 Å². The van der Waals surface area contributed by atoms with Crippen molar-refractivity contribution in [2.24, 2.45) is 11.7 Å². The Morgan fingerprint density at radius 1 is 1.00 bits per heavy atom. The molecule has 0 radical (unpaired) electrons. The van der Waals surface area contributed by atoms with Crippen LogP contribution < -0.4 is 21.7 Å². The van der Waals surface area contributed by atoms with E-state index in [9.17, 15) is 34.5 Å². The van der Waals surface area contributed by atoms with E-state index in [1.165, 1.54) is 24.3 Å². The number of carboxylic acids is 1. The number of phenolic OH excluding ortho intramolecular Hbond substituents is 1. The number of hydrogen-bond acceptors (Lipinski definition) is 7. The van der Waals surface area contributed by atoms with Gasteiger partial charge in [0.15, 0.2) is 0 Å². The molecule has 0 bridgehead atoms. The molecular weight excluding hydrogens is 396 g/mol. The SMILES string of the molecule is CC(C)C(N)C(=O)NC(CO)C(=O)NCC(=O)NC(Cc1ccc(O)cc1)C(=O)O. The van der Waals surface area contributed by atoms with Gasteiger partial charge in [0.2, 0.25) is 17.7 Å². The van der Waals surface area contributed by atoms with Crippen LogP contribution in [0.5, 0.6) is 5.75 Å². The van der Waals surface area contributed by atoms with Crippen molar-refractivity contribution < 1.29 is 34.5 Å². The van der Waals surface area contributed by atoms with Crippen LogP contribution in [0.15, 0.2) is 24.3 Å². The summed E-state index contributed by atoms with van der Waals surface area (Å²) in [5, 5.41) is 34.7. The minimum atomic E-state index is -1.30. The standard InChI is InChI=1S/C19H28N4O7/c1-10(2)16(20)18(28)23-14(9-24)17(27)21-8-15(26)22-13(19(29)30)7-11-3-5-12(25)6-4-11/h3-6,10,13-14,16,24-25H,7-9,20H2,1-2H3,(H,21,27)(H,22,26)(H,23,28)(H,29,30). The molecule has 0 saturated carbocycles. The first-order valence-corrected chi connectivity index (χ1v) is 9.29. The second-order valence-corrected chi connectivity index (χ2v) is 7.06. The molecule has 11 heteroatoms. The highest BCUT2D eigenvalue weighted by Crippen LogP contribution is 2.11. The van der Waals surface area contributed by atoms with Gasteiger partial charge in [-0.2, -0.15) is 0 Å². The first kappa shape index (κ1) is 24.9. The number of amides is 3. The molecule has 0 fully saturated rings. The van der Waals surface area contributed by atoms with Gasteiger partial charge in [-0.3, -0.25) is 14.4 Å². The highest BCUT2D eigenvalue weighted by atomic mass is 16.4. The third-order valence-corrected chi connectivity index (χ3v) is 4.27. The Kier molecular flexibility index (Phi) is 9.72. The predicted octanol–water partition coefficient (Wildman–Crippen LogP) is -1.92. The molecule has 0 heterocycles. The maximum absolute atomic E-state index is 12.1. The van der Waals surface area contributed by atoms with Gasteiger partial charge in [0.05, 0.1) is 19.2 Å². The van der Waals surface area contributed by atoms with Crippen LogP contribution in [0.3, 0.4) is 0 Å². The number of rotatable bonds is 11. The van der Waals surface area contributed by atoms with Gasteiger partial charge >= 0.3 is 5.97 Å². The molecule has 0 aliphatic rings. The van der Waals surface area contributed by atoms with Crippen LogP contribution in [0.25, 0.3) is 0 Å². The molecule has 3 unspecified atom stereocenters. The third-order valence-electron chi connectivity index (χ3n) is 4.27. The molecule has 11 nitrogen and oxygen atoms in total. The van der Waals surface area contributed by atoms with Crippen molar-refractivity contribution in [2.45, 2.75) is 38.4 Å². The molecule has 0 spiro atoms. The van der Waals surface area contributed by atoms with E-state index in [1.807, 2.05) is 0 Å². The average molecular weight is 424 g/mol. The lowest BCUT2D eigenvalue weighted by Gasteiger charge is -2.21. The van der Waals surface area contributed by atoms with E-state index in [2.05, 4.69) is 16.0 Å². The Morgan fingerprint density at radius 3 is 2.10 bits per heavy atom. The van der Waals surface area contributed by atoms with Crippen LogP contribution in [0.1, 0.15) is 19.4 Å². The largest absolute Gasteiger partial charge is 0.508 e. The van der Waals surface area contributed by atoms with Crippen molar-refractivity contribution in [3.8, 4) is 5.75 Å². The number of carboxylic acid groups (broad SMARTS) is 1. The van der Waals surface area contributed by atoms with Crippen LogP contribution >= 0.6 is 0 Å². The number of aliphatic carboxylic acids is 1. The highest BCUT2D eigenvalue weighted by Gasteiger charge is 2.26. The first-order chi connectivity index (χ1) is 14.0. The van der Waals surface area contributed by atoms with Crippen molar-refractivity contribution in [2.75, 3.05) is 13.2 Å². The number of phenols is 1. The molecule has 0 saturated heterocycles. The van der Waals surface area contributed by atoms with Gasteiger partial charge in [0.25, 0.3) is 0 Å². The molecule has 0 aromatic heterocycles. The Morgan fingerprint density at radius 2 is 1.60 bits per heavy atom. The fourth-order valence-electron chi connectivity index (χ4n) is 2.37. The average Bonchev–Trinajstić information content (AvgIpc) is 2.70. The summed E-state index contributed by atoms with van der Waals surface area (Å²) in [5.74, 6) is -3.63. The molecule has 8 N–H and O–H groups in total. The van der Waals surface area contributed by atoms with Gasteiger partial charge in [-0.1, -0.05) is 26.0 Å². The van der Waals surface area contributed by atoms with E-state index in [4.69, 9.17) is 5.73 Å². The quantitative estimate of drug-likeness (QED) is 0.214. The Bertz CT molecular complexity index is 752. The lowest BCUT2D eigenvalue weighted by molar-refractivity contribution is -0.141. The van der Waals surface area contributed by atoms with E-state index < -0.39 is 55.0 Å². The van der Waals surface area contributed by atoms with E-state index in [0.29, 0.717) is 5.56 Å². The Labute approximate surface area is 173 Å². The van der Waals surface area contributed by atoms with Crippen LogP contribution in [0.4, 0.5) is 0 Å². The van der Waals surface area contributed by atoms with Crippen molar-refractivity contribution in [1.82, 2.24) is 16.0 Å². The van der Waals surface area contributed by atoms with E-state index in [1.54, 1.807) is 13.8 Å². The van der Waals surface area contributed by atoms with Crippen LogP contribution in [0.2, 0.25) is 0 Å². The van der Waals surface area contributed by atoms with Crippen LogP contribution in [-0.2, 0) is 25.6 Å². The fourth-order valence-corrected chi connectivity index (χ4v) is 2.37. The summed E-state index contributed by atoms with van der Waals surface area (Å²) in [7, 11) is 0. The van der Waals surface area contributed by atoms with E-state index >= 15 is 0 Å². The Balaban J connectivity index is 2.58. The topological polar surface area (TPSA) is 191 Å². The molecule has 1 aromatic carbocycles. The van der Waals surface area contributed by atoms with Gasteiger partial charge in [0.1, 0.15) is 17.8 Å². The molecule has 30 heavy (non-hydrogen) atoms. The predicted molar refractivity (Wildman–Crippen MR) is 106 cm³/mol. The van der Waals surface area contributed by atoms with Crippen molar-refractivity contribution in [3.05, 3.63) is 29.8 Å². The monoisotopic (exact) mass is 424 g/mol. The summed E-state index contributed by atoms with van der Waals surface area (Å²) < 4.78 is 0. The smallest absolute Gasteiger partial charge is 0.326 e. The second kappa shape index (κ2) is 11.7.